The second-order valence-corrected chi connectivity index (χ2v) is 4.58. The fourth-order valence-electron chi connectivity index (χ4n) is 1.79. The minimum atomic E-state index is -0.422. The average molecular weight is 277 g/mol. The van der Waals surface area contributed by atoms with Crippen molar-refractivity contribution >= 4 is 23.2 Å². The summed E-state index contributed by atoms with van der Waals surface area (Å²) in [6.07, 6.45) is 0. The summed E-state index contributed by atoms with van der Waals surface area (Å²) in [6, 6.07) is 8.15. The van der Waals surface area contributed by atoms with Gasteiger partial charge in [0.1, 0.15) is 5.75 Å². The van der Waals surface area contributed by atoms with Crippen LogP contribution in [-0.2, 0) is 0 Å². The maximum absolute atomic E-state index is 12.1. The van der Waals surface area contributed by atoms with Crippen LogP contribution in [0.5, 0.6) is 5.75 Å². The molecule has 19 heavy (non-hydrogen) atoms. The van der Waals surface area contributed by atoms with E-state index in [0.717, 1.165) is 11.3 Å². The van der Waals surface area contributed by atoms with E-state index in [1.165, 1.54) is 12.1 Å². The smallest absolute Gasteiger partial charge is 0.259 e. The Morgan fingerprint density at radius 3 is 2.63 bits per heavy atom. The fourth-order valence-corrected chi connectivity index (χ4v) is 2.12. The molecule has 0 atom stereocenters. The van der Waals surface area contributed by atoms with Gasteiger partial charge in [0.2, 0.25) is 0 Å². The van der Waals surface area contributed by atoms with E-state index in [2.05, 4.69) is 10.3 Å². The Labute approximate surface area is 116 Å². The maximum atomic E-state index is 12.1. The van der Waals surface area contributed by atoms with Gasteiger partial charge in [-0.25, -0.2) is 4.98 Å². The topological polar surface area (TPSA) is 62.2 Å². The van der Waals surface area contributed by atoms with Crippen molar-refractivity contribution in [2.75, 3.05) is 5.32 Å². The van der Waals surface area contributed by atoms with Crippen molar-refractivity contribution < 1.29 is 9.90 Å². The highest BCUT2D eigenvalue weighted by atomic mass is 35.5. The van der Waals surface area contributed by atoms with E-state index in [1.54, 1.807) is 12.1 Å². The fraction of sp³-hybridized carbons (Fsp3) is 0.143. The van der Waals surface area contributed by atoms with Gasteiger partial charge in [-0.3, -0.25) is 4.79 Å². The lowest BCUT2D eigenvalue weighted by atomic mass is 10.1. The average Bonchev–Trinajstić information content (AvgIpc) is 2.34. The molecule has 2 aromatic rings. The van der Waals surface area contributed by atoms with Crippen LogP contribution in [0.25, 0.3) is 0 Å². The lowest BCUT2D eigenvalue weighted by Gasteiger charge is -2.11. The number of aromatic hydroxyl groups is 1. The number of hydrogen-bond donors (Lipinski definition) is 2. The molecule has 0 fully saturated rings. The number of benzene rings is 1. The third-order valence-corrected chi connectivity index (χ3v) is 2.96. The number of nitrogens with one attached hydrogen (secondary N) is 1. The SMILES string of the molecule is Cc1cc(C)c(NC(=O)c2ccccc2O)c(Cl)n1. The van der Waals surface area contributed by atoms with Crippen LogP contribution in [0.2, 0.25) is 5.15 Å². The molecule has 0 spiro atoms. The monoisotopic (exact) mass is 276 g/mol. The molecular weight excluding hydrogens is 264 g/mol. The number of phenols is 1. The van der Waals surface area contributed by atoms with Gasteiger partial charge >= 0.3 is 0 Å². The molecule has 0 saturated carbocycles. The predicted octanol–water partition coefficient (Wildman–Crippen LogP) is 3.31. The Kier molecular flexibility index (Phi) is 3.71. The van der Waals surface area contributed by atoms with Crippen molar-refractivity contribution in [3.05, 3.63) is 52.3 Å². The summed E-state index contributed by atoms with van der Waals surface area (Å²) >= 11 is 6.02. The van der Waals surface area contributed by atoms with Crippen molar-refractivity contribution in [3.8, 4) is 5.75 Å². The number of aromatic nitrogens is 1. The molecule has 0 aliphatic rings. The Morgan fingerprint density at radius 1 is 1.32 bits per heavy atom. The van der Waals surface area contributed by atoms with Gasteiger partial charge in [0, 0.05) is 5.69 Å². The molecule has 5 heteroatoms. The molecule has 98 valence electrons. The minimum Gasteiger partial charge on any atom is -0.507 e. The molecule has 1 aromatic carbocycles. The summed E-state index contributed by atoms with van der Waals surface area (Å²) in [7, 11) is 0. The first-order chi connectivity index (χ1) is 8.99. The number of carbonyl (C=O) groups is 1. The molecule has 0 radical (unpaired) electrons. The van der Waals surface area contributed by atoms with E-state index in [9.17, 15) is 9.90 Å². The maximum Gasteiger partial charge on any atom is 0.259 e. The van der Waals surface area contributed by atoms with E-state index in [1.807, 2.05) is 19.9 Å². The number of aryl methyl sites for hydroxylation is 2. The number of rotatable bonds is 2. The molecule has 0 unspecified atom stereocenters. The third-order valence-electron chi connectivity index (χ3n) is 2.69. The first kappa shape index (κ1) is 13.4. The number of anilines is 1. The van der Waals surface area contributed by atoms with Crippen molar-refractivity contribution in [2.24, 2.45) is 0 Å². The number of pyridine rings is 1. The second kappa shape index (κ2) is 5.28. The normalized spacial score (nSPS) is 10.3. The Morgan fingerprint density at radius 2 is 2.00 bits per heavy atom. The minimum absolute atomic E-state index is 0.0751. The first-order valence-electron chi connectivity index (χ1n) is 5.72. The van der Waals surface area contributed by atoms with Gasteiger partial charge in [-0.05, 0) is 37.6 Å². The van der Waals surface area contributed by atoms with E-state index in [4.69, 9.17) is 11.6 Å². The molecule has 1 amide bonds. The van der Waals surface area contributed by atoms with Gasteiger partial charge in [0.15, 0.2) is 5.15 Å². The van der Waals surface area contributed by atoms with Crippen LogP contribution in [-0.4, -0.2) is 16.0 Å². The highest BCUT2D eigenvalue weighted by Gasteiger charge is 2.14. The Bertz CT molecular complexity index is 618. The first-order valence-corrected chi connectivity index (χ1v) is 6.10. The van der Waals surface area contributed by atoms with E-state index in [0.29, 0.717) is 5.69 Å². The third kappa shape index (κ3) is 2.85. The molecule has 0 aliphatic heterocycles. The standard InChI is InChI=1S/C14H13ClN2O2/c1-8-7-9(2)16-13(15)12(8)17-14(19)10-5-3-4-6-11(10)18/h3-7,18H,1-2H3,(H,17,19). The van der Waals surface area contributed by atoms with Gasteiger partial charge in [-0.2, -0.15) is 0 Å². The van der Waals surface area contributed by atoms with Gasteiger partial charge in [-0.1, -0.05) is 23.7 Å². The Hall–Kier alpha value is -2.07. The lowest BCUT2D eigenvalue weighted by Crippen LogP contribution is -2.14. The highest BCUT2D eigenvalue weighted by Crippen LogP contribution is 2.26. The highest BCUT2D eigenvalue weighted by molar-refractivity contribution is 6.33. The summed E-state index contributed by atoms with van der Waals surface area (Å²) < 4.78 is 0. The summed E-state index contributed by atoms with van der Waals surface area (Å²) in [6.45, 7) is 3.66. The van der Waals surface area contributed by atoms with Crippen molar-refractivity contribution in [2.45, 2.75) is 13.8 Å². The quantitative estimate of drug-likeness (QED) is 0.827. The zero-order chi connectivity index (χ0) is 14.0. The molecule has 2 N–H and O–H groups in total. The summed E-state index contributed by atoms with van der Waals surface area (Å²) in [5.74, 6) is -0.498. The molecular formula is C14H13ClN2O2. The number of para-hydroxylation sites is 1. The molecule has 2 rings (SSSR count). The molecule has 1 heterocycles. The molecule has 0 bridgehead atoms. The van der Waals surface area contributed by atoms with Crippen LogP contribution in [0.1, 0.15) is 21.6 Å². The van der Waals surface area contributed by atoms with Crippen molar-refractivity contribution in [3.63, 3.8) is 0 Å². The second-order valence-electron chi connectivity index (χ2n) is 4.22. The van der Waals surface area contributed by atoms with Gasteiger partial charge in [-0.15, -0.1) is 0 Å². The van der Waals surface area contributed by atoms with Crippen molar-refractivity contribution in [1.82, 2.24) is 4.98 Å². The van der Waals surface area contributed by atoms with Crippen LogP contribution in [0.4, 0.5) is 5.69 Å². The van der Waals surface area contributed by atoms with Gasteiger partial charge in [0.05, 0.1) is 11.3 Å². The number of nitrogens with zero attached hydrogens (tertiary/aromatic N) is 1. The van der Waals surface area contributed by atoms with Gasteiger partial charge < -0.3 is 10.4 Å². The molecule has 4 nitrogen and oxygen atoms in total. The summed E-state index contributed by atoms with van der Waals surface area (Å²) in [4.78, 5) is 16.2. The van der Waals surface area contributed by atoms with Crippen molar-refractivity contribution in [1.29, 1.82) is 0 Å². The molecule has 0 saturated heterocycles. The molecule has 1 aromatic heterocycles. The predicted molar refractivity (Wildman–Crippen MR) is 74.8 cm³/mol. The lowest BCUT2D eigenvalue weighted by molar-refractivity contribution is 0.102. The number of halogens is 1. The Balaban J connectivity index is 2.32. The number of phenolic OH excluding ortho intramolecular Hbond substituents is 1. The van der Waals surface area contributed by atoms with Crippen LogP contribution < -0.4 is 5.32 Å². The zero-order valence-corrected chi connectivity index (χ0v) is 11.3. The van der Waals surface area contributed by atoms with Gasteiger partial charge in [0.25, 0.3) is 5.91 Å². The number of carbonyl (C=O) groups excluding carboxylic acids is 1. The van der Waals surface area contributed by atoms with Crippen LogP contribution in [0.3, 0.4) is 0 Å². The van der Waals surface area contributed by atoms with Crippen LogP contribution in [0, 0.1) is 13.8 Å². The molecule has 0 aliphatic carbocycles. The number of amides is 1. The van der Waals surface area contributed by atoms with Crippen LogP contribution >= 0.6 is 11.6 Å². The summed E-state index contributed by atoms with van der Waals surface area (Å²) in [5, 5.41) is 12.5. The van der Waals surface area contributed by atoms with E-state index >= 15 is 0 Å². The zero-order valence-electron chi connectivity index (χ0n) is 10.6. The van der Waals surface area contributed by atoms with E-state index in [-0.39, 0.29) is 16.5 Å². The van der Waals surface area contributed by atoms with Crippen LogP contribution in [0.15, 0.2) is 30.3 Å². The largest absolute Gasteiger partial charge is 0.507 e. The van der Waals surface area contributed by atoms with E-state index < -0.39 is 5.91 Å². The summed E-state index contributed by atoms with van der Waals surface area (Å²) in [5.41, 5.74) is 2.25. The number of hydrogen-bond acceptors (Lipinski definition) is 3.